The first-order chi connectivity index (χ1) is 10.5. The number of hydrogen-bond acceptors (Lipinski definition) is 5. The van der Waals surface area contributed by atoms with Crippen molar-refractivity contribution in [3.63, 3.8) is 0 Å². The predicted octanol–water partition coefficient (Wildman–Crippen LogP) is 2.37. The SMILES string of the molecule is CN(C)CCCNc1nc(N)ncc1-c1ccc(F)c(F)c1. The van der Waals surface area contributed by atoms with Gasteiger partial charge < -0.3 is 16.0 Å². The van der Waals surface area contributed by atoms with E-state index in [0.29, 0.717) is 23.5 Å². The number of halogens is 2. The highest BCUT2D eigenvalue weighted by molar-refractivity contribution is 5.75. The highest BCUT2D eigenvalue weighted by atomic mass is 19.2. The van der Waals surface area contributed by atoms with Gasteiger partial charge >= 0.3 is 0 Å². The molecule has 0 saturated carbocycles. The zero-order valence-electron chi connectivity index (χ0n) is 12.6. The Hall–Kier alpha value is -2.28. The zero-order valence-corrected chi connectivity index (χ0v) is 12.6. The summed E-state index contributed by atoms with van der Waals surface area (Å²) >= 11 is 0. The molecule has 0 aliphatic heterocycles. The second-order valence-electron chi connectivity index (χ2n) is 5.20. The maximum atomic E-state index is 13.4. The quantitative estimate of drug-likeness (QED) is 0.802. The van der Waals surface area contributed by atoms with Crippen molar-refractivity contribution in [1.29, 1.82) is 0 Å². The Morgan fingerprint density at radius 3 is 2.68 bits per heavy atom. The maximum Gasteiger partial charge on any atom is 0.221 e. The van der Waals surface area contributed by atoms with Gasteiger partial charge in [0.2, 0.25) is 5.95 Å². The van der Waals surface area contributed by atoms with E-state index in [1.807, 2.05) is 14.1 Å². The van der Waals surface area contributed by atoms with E-state index in [9.17, 15) is 8.78 Å². The molecule has 5 nitrogen and oxygen atoms in total. The van der Waals surface area contributed by atoms with Gasteiger partial charge in [0, 0.05) is 18.3 Å². The first kappa shape index (κ1) is 16.1. The van der Waals surface area contributed by atoms with Gasteiger partial charge in [-0.1, -0.05) is 6.07 Å². The molecular weight excluding hydrogens is 288 g/mol. The Morgan fingerprint density at radius 2 is 2.00 bits per heavy atom. The van der Waals surface area contributed by atoms with Crippen LogP contribution in [0.5, 0.6) is 0 Å². The number of nitrogens with one attached hydrogen (secondary N) is 1. The second-order valence-corrected chi connectivity index (χ2v) is 5.20. The zero-order chi connectivity index (χ0) is 16.1. The standard InChI is InChI=1S/C15H19F2N5/c1-22(2)7-3-6-19-14-11(9-20-15(18)21-14)10-4-5-12(16)13(17)8-10/h4-5,8-9H,3,6-7H2,1-2H3,(H3,18,19,20,21). The molecule has 1 aromatic heterocycles. The Kier molecular flexibility index (Phi) is 5.21. The summed E-state index contributed by atoms with van der Waals surface area (Å²) in [6.45, 7) is 1.61. The minimum absolute atomic E-state index is 0.126. The number of aromatic nitrogens is 2. The van der Waals surface area contributed by atoms with Crippen molar-refractivity contribution in [3.05, 3.63) is 36.0 Å². The summed E-state index contributed by atoms with van der Waals surface area (Å²) in [5, 5.41) is 3.17. The van der Waals surface area contributed by atoms with E-state index in [0.717, 1.165) is 25.1 Å². The minimum Gasteiger partial charge on any atom is -0.369 e. The van der Waals surface area contributed by atoms with Crippen LogP contribution in [0.25, 0.3) is 11.1 Å². The van der Waals surface area contributed by atoms with Gasteiger partial charge in [0.15, 0.2) is 11.6 Å². The van der Waals surface area contributed by atoms with Gasteiger partial charge in [0.05, 0.1) is 0 Å². The summed E-state index contributed by atoms with van der Waals surface area (Å²) in [5.41, 5.74) is 6.68. The third kappa shape index (κ3) is 4.11. The van der Waals surface area contributed by atoms with Crippen molar-refractivity contribution in [1.82, 2.24) is 14.9 Å². The monoisotopic (exact) mass is 307 g/mol. The van der Waals surface area contributed by atoms with Crippen LogP contribution in [0.2, 0.25) is 0 Å². The number of nitrogen functional groups attached to an aromatic ring is 1. The number of rotatable bonds is 6. The molecule has 118 valence electrons. The summed E-state index contributed by atoms with van der Waals surface area (Å²) in [7, 11) is 3.99. The first-order valence-electron chi connectivity index (χ1n) is 6.94. The number of nitrogens with two attached hydrogens (primary N) is 1. The van der Waals surface area contributed by atoms with E-state index in [2.05, 4.69) is 20.2 Å². The van der Waals surface area contributed by atoms with Gasteiger partial charge in [-0.15, -0.1) is 0 Å². The average Bonchev–Trinajstić information content (AvgIpc) is 2.47. The van der Waals surface area contributed by atoms with Crippen LogP contribution in [-0.4, -0.2) is 42.1 Å². The van der Waals surface area contributed by atoms with Crippen molar-refractivity contribution < 1.29 is 8.78 Å². The molecule has 1 aromatic carbocycles. The van der Waals surface area contributed by atoms with Crippen LogP contribution in [0.1, 0.15) is 6.42 Å². The van der Waals surface area contributed by atoms with Crippen molar-refractivity contribution in [3.8, 4) is 11.1 Å². The van der Waals surface area contributed by atoms with E-state index >= 15 is 0 Å². The van der Waals surface area contributed by atoms with E-state index in [-0.39, 0.29) is 5.95 Å². The summed E-state index contributed by atoms with van der Waals surface area (Å²) in [6.07, 6.45) is 2.41. The number of benzene rings is 1. The molecule has 0 saturated heterocycles. The van der Waals surface area contributed by atoms with Gasteiger partial charge in [-0.25, -0.2) is 13.8 Å². The van der Waals surface area contributed by atoms with Crippen LogP contribution in [0.4, 0.5) is 20.5 Å². The molecule has 7 heteroatoms. The van der Waals surface area contributed by atoms with Crippen LogP contribution >= 0.6 is 0 Å². The molecule has 1 heterocycles. The molecule has 22 heavy (non-hydrogen) atoms. The first-order valence-corrected chi connectivity index (χ1v) is 6.94. The van der Waals surface area contributed by atoms with E-state index in [4.69, 9.17) is 5.73 Å². The fourth-order valence-corrected chi connectivity index (χ4v) is 2.01. The molecule has 0 aliphatic carbocycles. The van der Waals surface area contributed by atoms with E-state index < -0.39 is 11.6 Å². The summed E-state index contributed by atoms with van der Waals surface area (Å²) in [6, 6.07) is 3.68. The Morgan fingerprint density at radius 1 is 1.23 bits per heavy atom. The molecule has 0 bridgehead atoms. The van der Waals surface area contributed by atoms with E-state index in [1.165, 1.54) is 12.3 Å². The topological polar surface area (TPSA) is 67.1 Å². The Balaban J connectivity index is 2.21. The molecule has 0 unspecified atom stereocenters. The molecule has 0 amide bonds. The lowest BCUT2D eigenvalue weighted by Gasteiger charge is -2.13. The summed E-state index contributed by atoms with van der Waals surface area (Å²) in [4.78, 5) is 10.1. The van der Waals surface area contributed by atoms with Crippen LogP contribution in [0.15, 0.2) is 24.4 Å². The molecular formula is C15H19F2N5. The average molecular weight is 307 g/mol. The van der Waals surface area contributed by atoms with Crippen molar-refractivity contribution >= 4 is 11.8 Å². The number of nitrogens with zero attached hydrogens (tertiary/aromatic N) is 3. The summed E-state index contributed by atoms with van der Waals surface area (Å²) < 4.78 is 26.5. The minimum atomic E-state index is -0.909. The fourth-order valence-electron chi connectivity index (χ4n) is 2.01. The molecule has 0 atom stereocenters. The smallest absolute Gasteiger partial charge is 0.221 e. The van der Waals surface area contributed by atoms with Crippen LogP contribution in [0, 0.1) is 11.6 Å². The van der Waals surface area contributed by atoms with Crippen molar-refractivity contribution in [2.45, 2.75) is 6.42 Å². The largest absolute Gasteiger partial charge is 0.369 e. The molecule has 2 rings (SSSR count). The third-order valence-electron chi connectivity index (χ3n) is 3.11. The molecule has 0 aliphatic rings. The predicted molar refractivity (Wildman–Crippen MR) is 83.5 cm³/mol. The van der Waals surface area contributed by atoms with Crippen LogP contribution in [0.3, 0.4) is 0 Å². The van der Waals surface area contributed by atoms with Gasteiger partial charge in [0.25, 0.3) is 0 Å². The van der Waals surface area contributed by atoms with Gasteiger partial charge in [0.1, 0.15) is 5.82 Å². The van der Waals surface area contributed by atoms with Gasteiger partial charge in [-0.05, 0) is 44.8 Å². The maximum absolute atomic E-state index is 13.4. The van der Waals surface area contributed by atoms with E-state index in [1.54, 1.807) is 0 Å². The number of anilines is 2. The van der Waals surface area contributed by atoms with Crippen LogP contribution in [-0.2, 0) is 0 Å². The third-order valence-corrected chi connectivity index (χ3v) is 3.11. The molecule has 0 spiro atoms. The van der Waals surface area contributed by atoms with Crippen molar-refractivity contribution in [2.24, 2.45) is 0 Å². The lowest BCUT2D eigenvalue weighted by atomic mass is 10.1. The van der Waals surface area contributed by atoms with Crippen LogP contribution < -0.4 is 11.1 Å². The van der Waals surface area contributed by atoms with Crippen molar-refractivity contribution in [2.75, 3.05) is 38.2 Å². The summed E-state index contributed by atoms with van der Waals surface area (Å²) in [5.74, 6) is -1.16. The number of hydrogen-bond donors (Lipinski definition) is 2. The van der Waals surface area contributed by atoms with Gasteiger partial charge in [-0.3, -0.25) is 0 Å². The Bertz CT molecular complexity index is 646. The second kappa shape index (κ2) is 7.13. The lowest BCUT2D eigenvalue weighted by Crippen LogP contribution is -2.17. The normalized spacial score (nSPS) is 11.0. The lowest BCUT2D eigenvalue weighted by molar-refractivity contribution is 0.405. The Labute approximate surface area is 128 Å². The highest BCUT2D eigenvalue weighted by Crippen LogP contribution is 2.27. The molecule has 0 fully saturated rings. The molecule has 2 aromatic rings. The molecule has 0 radical (unpaired) electrons. The van der Waals surface area contributed by atoms with Gasteiger partial charge in [-0.2, -0.15) is 4.98 Å². The molecule has 3 N–H and O–H groups in total. The highest BCUT2D eigenvalue weighted by Gasteiger charge is 2.11. The fraction of sp³-hybridized carbons (Fsp3) is 0.333.